The Hall–Kier alpha value is -2.55. The second kappa shape index (κ2) is 5.22. The van der Waals surface area contributed by atoms with Gasteiger partial charge in [-0.1, -0.05) is 0 Å². The minimum absolute atomic E-state index is 0.127. The number of aryl methyl sites for hydroxylation is 1. The predicted molar refractivity (Wildman–Crippen MR) is 79.2 cm³/mol. The lowest BCUT2D eigenvalue weighted by molar-refractivity contribution is -0.258. The van der Waals surface area contributed by atoms with E-state index >= 15 is 0 Å². The Bertz CT molecular complexity index is 915. The molecule has 0 amide bonds. The molecule has 1 unspecified atom stereocenters. The van der Waals surface area contributed by atoms with E-state index in [0.29, 0.717) is 5.69 Å². The smallest absolute Gasteiger partial charge is 0.432 e. The van der Waals surface area contributed by atoms with Gasteiger partial charge in [0.05, 0.1) is 12.2 Å². The van der Waals surface area contributed by atoms with Crippen LogP contribution in [0.5, 0.6) is 5.75 Å². The quantitative estimate of drug-likeness (QED) is 0.659. The monoisotopic (exact) mass is 357 g/mol. The van der Waals surface area contributed by atoms with Crippen LogP contribution in [0, 0.1) is 6.92 Å². The van der Waals surface area contributed by atoms with Crippen molar-refractivity contribution in [2.24, 2.45) is 7.05 Å². The van der Waals surface area contributed by atoms with E-state index in [9.17, 15) is 27.9 Å². The molecule has 0 spiro atoms. The van der Waals surface area contributed by atoms with Gasteiger partial charge in [0.2, 0.25) is 0 Å². The first-order chi connectivity index (χ1) is 11.5. The number of carbonyl (C=O) groups excluding carboxylic acids is 2. The second-order valence-electron chi connectivity index (χ2n) is 5.70. The van der Waals surface area contributed by atoms with Crippen LogP contribution in [0.4, 0.5) is 13.2 Å². The number of esters is 2. The van der Waals surface area contributed by atoms with Crippen LogP contribution in [0.1, 0.15) is 28.5 Å². The fourth-order valence-electron chi connectivity index (χ4n) is 2.97. The molecule has 25 heavy (non-hydrogen) atoms. The summed E-state index contributed by atoms with van der Waals surface area (Å²) in [7, 11) is 1.55. The van der Waals surface area contributed by atoms with Crippen LogP contribution in [0.25, 0.3) is 10.9 Å². The van der Waals surface area contributed by atoms with E-state index in [4.69, 9.17) is 4.74 Å². The van der Waals surface area contributed by atoms with Crippen molar-refractivity contribution >= 4 is 22.8 Å². The Morgan fingerprint density at radius 3 is 2.60 bits per heavy atom. The second-order valence-corrected chi connectivity index (χ2v) is 5.70. The number of halogens is 3. The first kappa shape index (κ1) is 17.3. The lowest BCUT2D eigenvalue weighted by Crippen LogP contribution is -2.47. The minimum atomic E-state index is -5.24. The highest BCUT2D eigenvalue weighted by Gasteiger charge is 2.66. The van der Waals surface area contributed by atoms with Gasteiger partial charge in [0.25, 0.3) is 5.60 Å². The summed E-state index contributed by atoms with van der Waals surface area (Å²) in [5, 5.41) is 10.2. The summed E-state index contributed by atoms with van der Waals surface area (Å²) >= 11 is 0. The van der Waals surface area contributed by atoms with E-state index in [1.807, 2.05) is 0 Å². The molecule has 0 saturated heterocycles. The van der Waals surface area contributed by atoms with E-state index < -0.39 is 35.0 Å². The third kappa shape index (κ3) is 2.15. The molecule has 0 aliphatic carbocycles. The van der Waals surface area contributed by atoms with E-state index in [1.165, 1.54) is 4.57 Å². The molecule has 3 rings (SSSR count). The molecule has 1 aliphatic heterocycles. The number of benzene rings is 1. The predicted octanol–water partition coefficient (Wildman–Crippen LogP) is 2.33. The molecule has 2 aromatic rings. The van der Waals surface area contributed by atoms with Gasteiger partial charge < -0.3 is 19.1 Å². The van der Waals surface area contributed by atoms with Gasteiger partial charge in [0, 0.05) is 29.2 Å². The highest BCUT2D eigenvalue weighted by Crippen LogP contribution is 2.49. The number of carbonyl (C=O) groups is 2. The number of rotatable bonds is 2. The molecule has 0 saturated carbocycles. The molecule has 1 aromatic heterocycles. The molecule has 1 atom stereocenters. The number of nitrogens with zero attached hydrogens (tertiary/aromatic N) is 1. The highest BCUT2D eigenvalue weighted by molar-refractivity contribution is 6.07. The summed E-state index contributed by atoms with van der Waals surface area (Å²) in [6.45, 7) is 3.36. The number of fused-ring (bicyclic) bond motifs is 2. The fraction of sp³-hybridized carbons (Fsp3) is 0.375. The lowest BCUT2D eigenvalue weighted by atomic mass is 9.93. The number of ether oxygens (including phenoxy) is 2. The Labute approximate surface area is 139 Å². The molecule has 0 radical (unpaired) electrons. The van der Waals surface area contributed by atoms with Crippen molar-refractivity contribution in [1.82, 2.24) is 4.57 Å². The van der Waals surface area contributed by atoms with Crippen LogP contribution >= 0.6 is 0 Å². The summed E-state index contributed by atoms with van der Waals surface area (Å²) in [5.41, 5.74) is -3.56. The van der Waals surface area contributed by atoms with Crippen LogP contribution in [-0.4, -0.2) is 34.4 Å². The molecule has 1 N–H and O–H groups in total. The fourth-order valence-corrected chi connectivity index (χ4v) is 2.97. The average Bonchev–Trinajstić information content (AvgIpc) is 2.91. The lowest BCUT2D eigenvalue weighted by Gasteiger charge is -2.22. The van der Waals surface area contributed by atoms with E-state index in [1.54, 1.807) is 20.9 Å². The molecular weight excluding hydrogens is 343 g/mol. The number of hydrogen-bond acceptors (Lipinski definition) is 5. The molecular formula is C16H14F3NO5. The third-order valence-corrected chi connectivity index (χ3v) is 4.37. The maximum absolute atomic E-state index is 13.3. The number of hydrogen-bond donors (Lipinski definition) is 1. The first-order valence-electron chi connectivity index (χ1n) is 7.36. The summed E-state index contributed by atoms with van der Waals surface area (Å²) in [4.78, 5) is 23.9. The van der Waals surface area contributed by atoms with Crippen molar-refractivity contribution in [3.8, 4) is 5.75 Å². The van der Waals surface area contributed by atoms with Gasteiger partial charge in [-0.15, -0.1) is 0 Å². The minimum Gasteiger partial charge on any atom is -0.462 e. The van der Waals surface area contributed by atoms with Crippen molar-refractivity contribution < 1.29 is 37.3 Å². The summed E-state index contributed by atoms with van der Waals surface area (Å²) in [5.74, 6) is -2.89. The first-order valence-corrected chi connectivity index (χ1v) is 7.36. The topological polar surface area (TPSA) is 77.8 Å². The maximum atomic E-state index is 13.3. The summed E-state index contributed by atoms with van der Waals surface area (Å²) < 4.78 is 50.9. The maximum Gasteiger partial charge on any atom is 0.432 e. The molecule has 0 bridgehead atoms. The zero-order chi connectivity index (χ0) is 18.7. The molecule has 9 heteroatoms. The third-order valence-electron chi connectivity index (χ3n) is 4.37. The molecule has 134 valence electrons. The van der Waals surface area contributed by atoms with Gasteiger partial charge in [0.15, 0.2) is 0 Å². The summed E-state index contributed by atoms with van der Waals surface area (Å²) in [6.07, 6.45) is -5.24. The van der Waals surface area contributed by atoms with Crippen LogP contribution in [0.3, 0.4) is 0 Å². The van der Waals surface area contributed by atoms with Crippen LogP contribution < -0.4 is 4.74 Å². The summed E-state index contributed by atoms with van der Waals surface area (Å²) in [6, 6.07) is 2.16. The van der Waals surface area contributed by atoms with E-state index in [0.717, 1.165) is 12.1 Å². The van der Waals surface area contributed by atoms with Gasteiger partial charge >= 0.3 is 18.1 Å². The van der Waals surface area contributed by atoms with Crippen molar-refractivity contribution in [3.05, 3.63) is 29.0 Å². The molecule has 1 aromatic carbocycles. The van der Waals surface area contributed by atoms with Gasteiger partial charge in [-0.05, 0) is 26.0 Å². The van der Waals surface area contributed by atoms with E-state index in [2.05, 4.69) is 4.74 Å². The normalized spacial score (nSPS) is 19.9. The van der Waals surface area contributed by atoms with Crippen molar-refractivity contribution in [1.29, 1.82) is 0 Å². The van der Waals surface area contributed by atoms with Gasteiger partial charge in [-0.2, -0.15) is 13.2 Å². The number of alkyl halides is 3. The van der Waals surface area contributed by atoms with Crippen molar-refractivity contribution in [2.75, 3.05) is 6.61 Å². The van der Waals surface area contributed by atoms with E-state index in [-0.39, 0.29) is 23.1 Å². The molecule has 0 fully saturated rings. The number of aromatic nitrogens is 1. The molecule has 1 aliphatic rings. The molecule has 2 heterocycles. The Kier molecular flexibility index (Phi) is 3.61. The zero-order valence-corrected chi connectivity index (χ0v) is 13.5. The Balaban J connectivity index is 2.32. The highest BCUT2D eigenvalue weighted by atomic mass is 19.4. The Morgan fingerprint density at radius 1 is 1.40 bits per heavy atom. The largest absolute Gasteiger partial charge is 0.462 e. The zero-order valence-electron chi connectivity index (χ0n) is 13.5. The SMILES string of the molecule is CCOC(=O)c1c(C)n(C)c2cc3c(cc12)OC(=O)C3(O)C(F)(F)F. The van der Waals surface area contributed by atoms with Gasteiger partial charge in [0.1, 0.15) is 5.75 Å². The van der Waals surface area contributed by atoms with Gasteiger partial charge in [-0.25, -0.2) is 9.59 Å². The number of aliphatic hydroxyl groups is 1. The van der Waals surface area contributed by atoms with Crippen LogP contribution in [-0.2, 0) is 22.2 Å². The molecule has 6 nitrogen and oxygen atoms in total. The van der Waals surface area contributed by atoms with Crippen molar-refractivity contribution in [2.45, 2.75) is 25.6 Å². The van der Waals surface area contributed by atoms with Gasteiger partial charge in [-0.3, -0.25) is 0 Å². The average molecular weight is 357 g/mol. The standard InChI is InChI=1S/C16H14F3NO5/c1-4-24-13(21)12-7(2)20(3)10-6-9-11(5-8(10)12)25-14(22)15(9,23)16(17,18)19/h5-6,23H,4H2,1-3H3. The van der Waals surface area contributed by atoms with Crippen LogP contribution in [0.15, 0.2) is 12.1 Å². The van der Waals surface area contributed by atoms with Crippen molar-refractivity contribution in [3.63, 3.8) is 0 Å². The van der Waals surface area contributed by atoms with Crippen LogP contribution in [0.2, 0.25) is 0 Å². The Morgan fingerprint density at radius 2 is 2.04 bits per heavy atom.